The van der Waals surface area contributed by atoms with Crippen molar-refractivity contribution in [1.29, 1.82) is 0 Å². The van der Waals surface area contributed by atoms with E-state index in [2.05, 4.69) is 15.6 Å². The summed E-state index contributed by atoms with van der Waals surface area (Å²) >= 11 is 0. The Morgan fingerprint density at radius 1 is 1.21 bits per heavy atom. The molecule has 0 spiro atoms. The highest BCUT2D eigenvalue weighted by atomic mass is 127. The van der Waals surface area contributed by atoms with Gasteiger partial charge in [-0.1, -0.05) is 43.2 Å². The summed E-state index contributed by atoms with van der Waals surface area (Å²) in [6.07, 6.45) is 3.82. The number of aliphatic hydroxyl groups is 2. The molecule has 24 heavy (non-hydrogen) atoms. The standard InChI is InChI=1S/C18H29N3O2.HI/c1-2-19-17(21-14-18(23)10-6-7-11-18)20-12-16(13-22)15-8-4-3-5-9-15;/h3-5,8-9,16,22-23H,2,6-7,10-14H2,1H3,(H2,19,20,21);1H. The average molecular weight is 447 g/mol. The number of aliphatic hydroxyl groups excluding tert-OH is 1. The van der Waals surface area contributed by atoms with Crippen LogP contribution in [-0.4, -0.2) is 48.0 Å². The first-order valence-electron chi connectivity index (χ1n) is 8.57. The van der Waals surface area contributed by atoms with Gasteiger partial charge >= 0.3 is 0 Å². The molecule has 0 aromatic heterocycles. The number of benzene rings is 1. The van der Waals surface area contributed by atoms with Crippen molar-refractivity contribution in [2.24, 2.45) is 4.99 Å². The van der Waals surface area contributed by atoms with Gasteiger partial charge in [-0.05, 0) is 25.3 Å². The van der Waals surface area contributed by atoms with E-state index in [-0.39, 0.29) is 36.5 Å². The molecule has 5 nitrogen and oxygen atoms in total. The summed E-state index contributed by atoms with van der Waals surface area (Å²) in [5, 5.41) is 26.5. The summed E-state index contributed by atoms with van der Waals surface area (Å²) in [4.78, 5) is 4.53. The third-order valence-corrected chi connectivity index (χ3v) is 4.42. The first-order chi connectivity index (χ1) is 11.2. The quantitative estimate of drug-likeness (QED) is 0.294. The molecule has 1 fully saturated rings. The molecule has 1 unspecified atom stereocenters. The van der Waals surface area contributed by atoms with Gasteiger partial charge in [-0.25, -0.2) is 0 Å². The Labute approximate surface area is 162 Å². The third-order valence-electron chi connectivity index (χ3n) is 4.42. The van der Waals surface area contributed by atoms with Gasteiger partial charge in [0.05, 0.1) is 18.8 Å². The third kappa shape index (κ3) is 6.57. The van der Waals surface area contributed by atoms with Gasteiger partial charge in [-0.2, -0.15) is 0 Å². The van der Waals surface area contributed by atoms with E-state index < -0.39 is 5.60 Å². The topological polar surface area (TPSA) is 76.9 Å². The second-order valence-corrected chi connectivity index (χ2v) is 6.30. The van der Waals surface area contributed by atoms with Crippen LogP contribution in [0.3, 0.4) is 0 Å². The number of halogens is 1. The molecule has 1 aliphatic rings. The largest absolute Gasteiger partial charge is 0.396 e. The van der Waals surface area contributed by atoms with E-state index in [9.17, 15) is 10.2 Å². The lowest BCUT2D eigenvalue weighted by atomic mass is 10.0. The predicted molar refractivity (Wildman–Crippen MR) is 109 cm³/mol. The van der Waals surface area contributed by atoms with Crippen LogP contribution in [0.1, 0.15) is 44.1 Å². The molecule has 0 amide bonds. The van der Waals surface area contributed by atoms with E-state index in [0.717, 1.165) is 37.8 Å². The second-order valence-electron chi connectivity index (χ2n) is 6.30. The van der Waals surface area contributed by atoms with E-state index >= 15 is 0 Å². The minimum Gasteiger partial charge on any atom is -0.396 e. The van der Waals surface area contributed by atoms with Gasteiger partial charge in [0.2, 0.25) is 0 Å². The van der Waals surface area contributed by atoms with Gasteiger partial charge in [0.15, 0.2) is 5.96 Å². The molecule has 1 aromatic rings. The fourth-order valence-corrected chi connectivity index (χ4v) is 2.99. The maximum absolute atomic E-state index is 10.4. The van der Waals surface area contributed by atoms with Crippen LogP contribution >= 0.6 is 24.0 Å². The molecule has 6 heteroatoms. The van der Waals surface area contributed by atoms with Gasteiger partial charge in [-0.15, -0.1) is 24.0 Å². The second kappa shape index (κ2) is 10.9. The van der Waals surface area contributed by atoms with Crippen molar-refractivity contribution in [3.63, 3.8) is 0 Å². The molecule has 0 aliphatic heterocycles. The fraction of sp³-hybridized carbons (Fsp3) is 0.611. The summed E-state index contributed by atoms with van der Waals surface area (Å²) in [7, 11) is 0. The highest BCUT2D eigenvalue weighted by molar-refractivity contribution is 14.0. The Kier molecular flexibility index (Phi) is 9.61. The Morgan fingerprint density at radius 3 is 2.46 bits per heavy atom. The van der Waals surface area contributed by atoms with Crippen LogP contribution in [0.15, 0.2) is 35.3 Å². The van der Waals surface area contributed by atoms with Crippen LogP contribution in [0.25, 0.3) is 0 Å². The number of hydrogen-bond donors (Lipinski definition) is 4. The summed E-state index contributed by atoms with van der Waals surface area (Å²) in [6, 6.07) is 9.97. The highest BCUT2D eigenvalue weighted by Gasteiger charge is 2.30. The van der Waals surface area contributed by atoms with Crippen LogP contribution in [0.4, 0.5) is 0 Å². The molecule has 1 saturated carbocycles. The molecule has 1 aromatic carbocycles. The highest BCUT2D eigenvalue weighted by Crippen LogP contribution is 2.29. The number of guanidine groups is 1. The van der Waals surface area contributed by atoms with Gasteiger partial charge in [0.1, 0.15) is 0 Å². The van der Waals surface area contributed by atoms with Crippen LogP contribution < -0.4 is 10.6 Å². The van der Waals surface area contributed by atoms with Gasteiger partial charge in [-0.3, -0.25) is 4.99 Å². The molecule has 2 rings (SSSR count). The molecule has 136 valence electrons. The molecule has 0 saturated heterocycles. The Bertz CT molecular complexity index is 490. The van der Waals surface area contributed by atoms with Crippen molar-refractivity contribution in [2.75, 3.05) is 26.2 Å². The van der Waals surface area contributed by atoms with E-state index in [0.29, 0.717) is 19.0 Å². The Morgan fingerprint density at radius 2 is 1.88 bits per heavy atom. The normalized spacial score (nSPS) is 17.9. The van der Waals surface area contributed by atoms with E-state index in [1.54, 1.807) is 0 Å². The van der Waals surface area contributed by atoms with Crippen LogP contribution in [0, 0.1) is 0 Å². The first kappa shape index (κ1) is 21.2. The van der Waals surface area contributed by atoms with Gasteiger partial charge in [0.25, 0.3) is 0 Å². The number of aliphatic imine (C=N–C) groups is 1. The molecule has 0 heterocycles. The van der Waals surface area contributed by atoms with Crippen LogP contribution in [0.5, 0.6) is 0 Å². The molecular formula is C18H30IN3O2. The monoisotopic (exact) mass is 447 g/mol. The summed E-state index contributed by atoms with van der Waals surface area (Å²) in [5.74, 6) is 0.719. The van der Waals surface area contributed by atoms with Crippen molar-refractivity contribution >= 4 is 29.9 Å². The number of nitrogens with one attached hydrogen (secondary N) is 2. The lowest BCUT2D eigenvalue weighted by Gasteiger charge is -2.21. The number of rotatable bonds is 7. The molecule has 0 radical (unpaired) electrons. The van der Waals surface area contributed by atoms with Crippen molar-refractivity contribution in [3.8, 4) is 0 Å². The summed E-state index contributed by atoms with van der Waals surface area (Å²) in [5.41, 5.74) is 0.464. The zero-order valence-corrected chi connectivity index (χ0v) is 16.7. The van der Waals surface area contributed by atoms with Crippen LogP contribution in [0.2, 0.25) is 0 Å². The summed E-state index contributed by atoms with van der Waals surface area (Å²) in [6.45, 7) is 3.89. The minimum absolute atomic E-state index is 0. The van der Waals surface area contributed by atoms with Crippen molar-refractivity contribution < 1.29 is 10.2 Å². The van der Waals surface area contributed by atoms with Crippen LogP contribution in [-0.2, 0) is 0 Å². The van der Waals surface area contributed by atoms with E-state index in [1.807, 2.05) is 37.3 Å². The molecule has 1 aliphatic carbocycles. The SMILES string of the molecule is CCNC(=NCC1(O)CCCC1)NCC(CO)c1ccccc1.I. The first-order valence-corrected chi connectivity index (χ1v) is 8.57. The number of hydrogen-bond acceptors (Lipinski definition) is 3. The Hall–Kier alpha value is -0.860. The minimum atomic E-state index is -0.641. The van der Waals surface area contributed by atoms with Gasteiger partial charge < -0.3 is 20.8 Å². The lowest BCUT2D eigenvalue weighted by Crippen LogP contribution is -2.41. The molecular weight excluding hydrogens is 417 g/mol. The fourth-order valence-electron chi connectivity index (χ4n) is 2.99. The van der Waals surface area contributed by atoms with Gasteiger partial charge in [0, 0.05) is 19.0 Å². The smallest absolute Gasteiger partial charge is 0.191 e. The number of nitrogens with zero attached hydrogens (tertiary/aromatic N) is 1. The van der Waals surface area contributed by atoms with Crippen molar-refractivity contribution in [1.82, 2.24) is 10.6 Å². The van der Waals surface area contributed by atoms with E-state index in [4.69, 9.17) is 0 Å². The zero-order chi connectivity index (χ0) is 16.5. The lowest BCUT2D eigenvalue weighted by molar-refractivity contribution is 0.0574. The van der Waals surface area contributed by atoms with E-state index in [1.165, 1.54) is 0 Å². The molecule has 0 bridgehead atoms. The predicted octanol–water partition coefficient (Wildman–Crippen LogP) is 2.24. The van der Waals surface area contributed by atoms with Crippen molar-refractivity contribution in [2.45, 2.75) is 44.1 Å². The zero-order valence-electron chi connectivity index (χ0n) is 14.4. The van der Waals surface area contributed by atoms with Crippen molar-refractivity contribution in [3.05, 3.63) is 35.9 Å². The maximum atomic E-state index is 10.4. The molecule has 4 N–H and O–H groups in total. The maximum Gasteiger partial charge on any atom is 0.191 e. The Balaban J connectivity index is 0.00000288. The summed E-state index contributed by atoms with van der Waals surface area (Å²) < 4.78 is 0. The molecule has 1 atom stereocenters. The average Bonchev–Trinajstić information content (AvgIpc) is 3.01.